The second-order valence-corrected chi connectivity index (χ2v) is 5.46. The summed E-state index contributed by atoms with van der Waals surface area (Å²) >= 11 is 5.83. The number of nitrogens with one attached hydrogen (secondary N) is 2. The third kappa shape index (κ3) is 4.47. The molecule has 1 aliphatic carbocycles. The normalized spacial score (nSPS) is 22.7. The molecule has 0 spiro atoms. The van der Waals surface area contributed by atoms with E-state index in [4.69, 9.17) is 22.1 Å². The highest BCUT2D eigenvalue weighted by Gasteiger charge is 2.18. The maximum absolute atomic E-state index is 11.3. The van der Waals surface area contributed by atoms with E-state index in [0.29, 0.717) is 31.1 Å². The Morgan fingerprint density at radius 2 is 2.20 bits per heavy atom. The minimum Gasteiger partial charge on any atom is -0.378 e. The van der Waals surface area contributed by atoms with Gasteiger partial charge in [-0.3, -0.25) is 4.79 Å². The molecule has 0 radical (unpaired) electrons. The van der Waals surface area contributed by atoms with E-state index in [1.165, 1.54) is 6.33 Å². The number of ether oxygens (including phenoxy) is 1. The van der Waals surface area contributed by atoms with Gasteiger partial charge in [-0.15, -0.1) is 0 Å². The number of aromatic nitrogens is 2. The Morgan fingerprint density at radius 1 is 1.45 bits per heavy atom. The van der Waals surface area contributed by atoms with Crippen LogP contribution in [0.15, 0.2) is 11.1 Å². The predicted molar refractivity (Wildman–Crippen MR) is 79.2 cm³/mol. The first-order valence-corrected chi connectivity index (χ1v) is 7.39. The van der Waals surface area contributed by atoms with Crippen molar-refractivity contribution < 1.29 is 4.74 Å². The summed E-state index contributed by atoms with van der Waals surface area (Å²) in [7, 11) is 0. The zero-order valence-corrected chi connectivity index (χ0v) is 12.2. The lowest BCUT2D eigenvalue weighted by atomic mass is 9.94. The van der Waals surface area contributed by atoms with Gasteiger partial charge in [-0.1, -0.05) is 11.6 Å². The molecule has 2 rings (SSSR count). The summed E-state index contributed by atoms with van der Waals surface area (Å²) in [6.45, 7) is 1.36. The van der Waals surface area contributed by atoms with Crippen LogP contribution in [0.3, 0.4) is 0 Å². The molecule has 0 unspecified atom stereocenters. The van der Waals surface area contributed by atoms with Crippen molar-refractivity contribution in [3.05, 3.63) is 21.7 Å². The predicted octanol–water partition coefficient (Wildman–Crippen LogP) is 1.51. The molecule has 20 heavy (non-hydrogen) atoms. The molecule has 1 saturated carbocycles. The van der Waals surface area contributed by atoms with E-state index in [0.717, 1.165) is 32.1 Å². The third-order valence-electron chi connectivity index (χ3n) is 3.48. The fourth-order valence-corrected chi connectivity index (χ4v) is 2.46. The van der Waals surface area contributed by atoms with E-state index in [1.807, 2.05) is 0 Å². The lowest BCUT2D eigenvalue weighted by molar-refractivity contribution is 0.0251. The molecule has 1 heterocycles. The van der Waals surface area contributed by atoms with Crippen LogP contribution in [0.25, 0.3) is 0 Å². The van der Waals surface area contributed by atoms with Gasteiger partial charge in [-0.05, 0) is 32.1 Å². The number of hydrogen-bond donors (Lipinski definition) is 3. The van der Waals surface area contributed by atoms with Crippen LogP contribution in [0.1, 0.15) is 32.1 Å². The van der Waals surface area contributed by atoms with E-state index in [2.05, 4.69) is 15.3 Å². The Kier molecular flexibility index (Phi) is 5.82. The van der Waals surface area contributed by atoms with Crippen molar-refractivity contribution >= 4 is 17.4 Å². The largest absolute Gasteiger partial charge is 0.378 e. The molecule has 0 bridgehead atoms. The molecule has 1 fully saturated rings. The number of nitrogens with zero attached hydrogens (tertiary/aromatic N) is 1. The second-order valence-electron chi connectivity index (χ2n) is 5.08. The van der Waals surface area contributed by atoms with Crippen LogP contribution in [-0.2, 0) is 4.74 Å². The van der Waals surface area contributed by atoms with Crippen LogP contribution >= 0.6 is 11.6 Å². The van der Waals surface area contributed by atoms with Gasteiger partial charge in [0.1, 0.15) is 5.02 Å². The van der Waals surface area contributed by atoms with Crippen LogP contribution in [0, 0.1) is 0 Å². The Balaban J connectivity index is 1.62. The zero-order chi connectivity index (χ0) is 14.4. The van der Waals surface area contributed by atoms with Crippen LogP contribution in [0.2, 0.25) is 5.02 Å². The topological polar surface area (TPSA) is 93.0 Å². The van der Waals surface area contributed by atoms with Crippen molar-refractivity contribution in [2.45, 2.75) is 44.2 Å². The fraction of sp³-hybridized carbons (Fsp3) is 0.692. The summed E-state index contributed by atoms with van der Waals surface area (Å²) in [6, 6.07) is 0.348. The molecule has 0 aromatic carbocycles. The Labute approximate surface area is 123 Å². The molecule has 1 aliphatic rings. The molecular weight excluding hydrogens is 280 g/mol. The summed E-state index contributed by atoms with van der Waals surface area (Å²) in [5, 5.41) is 3.13. The number of H-pyrrole nitrogens is 1. The highest BCUT2D eigenvalue weighted by molar-refractivity contribution is 6.32. The number of halogens is 1. The molecule has 4 N–H and O–H groups in total. The van der Waals surface area contributed by atoms with Crippen molar-refractivity contribution in [1.82, 2.24) is 9.97 Å². The van der Waals surface area contributed by atoms with Gasteiger partial charge in [0.15, 0.2) is 5.82 Å². The monoisotopic (exact) mass is 300 g/mol. The van der Waals surface area contributed by atoms with Crippen LogP contribution < -0.4 is 16.6 Å². The molecule has 7 heteroatoms. The number of nitrogens with two attached hydrogens (primary N) is 1. The van der Waals surface area contributed by atoms with Crippen molar-refractivity contribution in [2.75, 3.05) is 18.5 Å². The molecule has 0 saturated heterocycles. The van der Waals surface area contributed by atoms with Crippen molar-refractivity contribution in [3.8, 4) is 0 Å². The highest BCUT2D eigenvalue weighted by Crippen LogP contribution is 2.19. The number of hydrogen-bond acceptors (Lipinski definition) is 5. The zero-order valence-electron chi connectivity index (χ0n) is 11.4. The minimum absolute atomic E-state index is 0.0923. The fourth-order valence-electron chi connectivity index (χ4n) is 2.29. The van der Waals surface area contributed by atoms with Gasteiger partial charge in [0.25, 0.3) is 5.56 Å². The van der Waals surface area contributed by atoms with E-state index < -0.39 is 0 Å². The van der Waals surface area contributed by atoms with Crippen LogP contribution in [0.4, 0.5) is 5.82 Å². The first-order chi connectivity index (χ1) is 9.66. The summed E-state index contributed by atoms with van der Waals surface area (Å²) < 4.78 is 5.81. The first kappa shape index (κ1) is 15.3. The van der Waals surface area contributed by atoms with E-state index >= 15 is 0 Å². The Hall–Kier alpha value is -1.11. The third-order valence-corrected chi connectivity index (χ3v) is 3.83. The highest BCUT2D eigenvalue weighted by atomic mass is 35.5. The van der Waals surface area contributed by atoms with Crippen LogP contribution in [0.5, 0.6) is 0 Å². The number of aromatic amines is 1. The maximum Gasteiger partial charge on any atom is 0.271 e. The molecule has 0 amide bonds. The second kappa shape index (κ2) is 7.61. The van der Waals surface area contributed by atoms with Gasteiger partial charge >= 0.3 is 0 Å². The summed E-state index contributed by atoms with van der Waals surface area (Å²) in [6.07, 6.45) is 6.72. The van der Waals surface area contributed by atoms with Gasteiger partial charge in [0, 0.05) is 19.2 Å². The minimum atomic E-state index is -0.334. The average molecular weight is 301 g/mol. The van der Waals surface area contributed by atoms with Gasteiger partial charge in [-0.2, -0.15) is 0 Å². The van der Waals surface area contributed by atoms with E-state index in [-0.39, 0.29) is 10.6 Å². The number of anilines is 1. The first-order valence-electron chi connectivity index (χ1n) is 7.01. The molecule has 112 valence electrons. The van der Waals surface area contributed by atoms with Gasteiger partial charge in [-0.25, -0.2) is 4.98 Å². The Bertz CT molecular complexity index is 472. The van der Waals surface area contributed by atoms with E-state index in [1.54, 1.807) is 0 Å². The van der Waals surface area contributed by atoms with Gasteiger partial charge < -0.3 is 20.8 Å². The van der Waals surface area contributed by atoms with Crippen molar-refractivity contribution in [1.29, 1.82) is 0 Å². The quantitative estimate of drug-likeness (QED) is 0.693. The summed E-state index contributed by atoms with van der Waals surface area (Å²) in [4.78, 5) is 17.7. The molecule has 6 nitrogen and oxygen atoms in total. The summed E-state index contributed by atoms with van der Waals surface area (Å²) in [5.41, 5.74) is 5.52. The molecule has 0 atom stereocenters. The summed E-state index contributed by atoms with van der Waals surface area (Å²) in [5.74, 6) is 0.416. The standard InChI is InChI=1S/C13H21ClN4O2/c14-11-12(17-8-18-13(11)19)16-6-1-7-20-10-4-2-9(15)3-5-10/h8-10H,1-7,15H2,(H2,16,17,18,19). The van der Waals surface area contributed by atoms with Crippen molar-refractivity contribution in [2.24, 2.45) is 5.73 Å². The van der Waals surface area contributed by atoms with E-state index in [9.17, 15) is 4.79 Å². The maximum atomic E-state index is 11.3. The van der Waals surface area contributed by atoms with Crippen molar-refractivity contribution in [3.63, 3.8) is 0 Å². The van der Waals surface area contributed by atoms with Gasteiger partial charge in [0.2, 0.25) is 0 Å². The SMILES string of the molecule is NC1CCC(OCCCNc2nc[nH]c(=O)c2Cl)CC1. The molecular formula is C13H21ClN4O2. The van der Waals surface area contributed by atoms with Crippen LogP contribution in [-0.4, -0.2) is 35.3 Å². The lowest BCUT2D eigenvalue weighted by Crippen LogP contribution is -2.30. The lowest BCUT2D eigenvalue weighted by Gasteiger charge is -2.26. The molecule has 0 aliphatic heterocycles. The van der Waals surface area contributed by atoms with Gasteiger partial charge in [0.05, 0.1) is 12.4 Å². The smallest absolute Gasteiger partial charge is 0.271 e. The number of rotatable bonds is 6. The molecule has 1 aromatic heterocycles. The molecule has 1 aromatic rings. The average Bonchev–Trinajstić information content (AvgIpc) is 2.45. The Morgan fingerprint density at radius 3 is 2.95 bits per heavy atom.